The number of carbonyl (C=O) groups is 3. The van der Waals surface area contributed by atoms with Gasteiger partial charge in [-0.25, -0.2) is 4.79 Å². The first-order valence-corrected chi connectivity index (χ1v) is 8.85. The summed E-state index contributed by atoms with van der Waals surface area (Å²) in [6.07, 6.45) is 0.674. The monoisotopic (exact) mass is 361 g/mol. The smallest absolute Gasteiger partial charge is 0.344 e. The molecule has 1 heterocycles. The Morgan fingerprint density at radius 3 is 2.42 bits per heavy atom. The molecule has 7 nitrogen and oxygen atoms in total. The van der Waals surface area contributed by atoms with Gasteiger partial charge in [0.1, 0.15) is 0 Å². The predicted octanol–water partition coefficient (Wildman–Crippen LogP) is 1.22. The summed E-state index contributed by atoms with van der Waals surface area (Å²) in [6, 6.07) is 7.89. The minimum Gasteiger partial charge on any atom is -0.478 e. The Balaban J connectivity index is 2.21. The largest absolute Gasteiger partial charge is 0.478 e. The van der Waals surface area contributed by atoms with Gasteiger partial charge in [-0.05, 0) is 18.8 Å². The number of carboxylic acid groups (broad SMARTS) is 1. The van der Waals surface area contributed by atoms with Crippen LogP contribution in [-0.2, 0) is 9.59 Å². The van der Waals surface area contributed by atoms with Crippen LogP contribution < -0.4 is 11.5 Å². The molecule has 5 N–H and O–H groups in total. The SMILES string of the molecule is CC(C)CC(N)C(=O)N1CCC(C(=O)c2ccccc2)CC1(N)C(=O)O. The van der Waals surface area contributed by atoms with Gasteiger partial charge in [0, 0.05) is 24.4 Å². The van der Waals surface area contributed by atoms with Crippen molar-refractivity contribution in [2.24, 2.45) is 23.3 Å². The van der Waals surface area contributed by atoms with Crippen molar-refractivity contribution < 1.29 is 19.5 Å². The van der Waals surface area contributed by atoms with Gasteiger partial charge < -0.3 is 15.7 Å². The number of benzene rings is 1. The Hall–Kier alpha value is -2.25. The summed E-state index contributed by atoms with van der Waals surface area (Å²) in [5.74, 6) is -2.31. The van der Waals surface area contributed by atoms with E-state index in [4.69, 9.17) is 11.5 Å². The molecule has 1 amide bonds. The lowest BCUT2D eigenvalue weighted by Gasteiger charge is -2.44. The number of hydrogen-bond donors (Lipinski definition) is 3. The molecular formula is C19H27N3O4. The topological polar surface area (TPSA) is 127 Å². The van der Waals surface area contributed by atoms with Crippen LogP contribution >= 0.6 is 0 Å². The van der Waals surface area contributed by atoms with Gasteiger partial charge in [-0.15, -0.1) is 0 Å². The molecule has 26 heavy (non-hydrogen) atoms. The third-order valence-electron chi connectivity index (χ3n) is 4.85. The van der Waals surface area contributed by atoms with Crippen LogP contribution in [0.25, 0.3) is 0 Å². The fraction of sp³-hybridized carbons (Fsp3) is 0.526. The van der Waals surface area contributed by atoms with E-state index >= 15 is 0 Å². The molecule has 3 atom stereocenters. The van der Waals surface area contributed by atoms with Gasteiger partial charge in [-0.1, -0.05) is 44.2 Å². The molecule has 1 aromatic rings. The molecule has 1 aromatic carbocycles. The number of aliphatic carboxylic acids is 1. The van der Waals surface area contributed by atoms with Gasteiger partial charge in [-0.3, -0.25) is 15.3 Å². The lowest BCUT2D eigenvalue weighted by atomic mass is 9.81. The summed E-state index contributed by atoms with van der Waals surface area (Å²) < 4.78 is 0. The maximum atomic E-state index is 12.7. The number of rotatable bonds is 6. The van der Waals surface area contributed by atoms with Crippen molar-refractivity contribution in [3.05, 3.63) is 35.9 Å². The molecule has 0 aliphatic carbocycles. The second kappa shape index (κ2) is 7.97. The first kappa shape index (κ1) is 20.1. The van der Waals surface area contributed by atoms with Crippen LogP contribution in [0.2, 0.25) is 0 Å². The lowest BCUT2D eigenvalue weighted by molar-refractivity contribution is -0.164. The Bertz CT molecular complexity index is 677. The molecule has 1 saturated heterocycles. The number of nitrogens with zero attached hydrogens (tertiary/aromatic N) is 1. The maximum absolute atomic E-state index is 12.7. The molecule has 1 aliphatic heterocycles. The maximum Gasteiger partial charge on any atom is 0.344 e. The average Bonchev–Trinajstić information content (AvgIpc) is 2.60. The minimum absolute atomic E-state index is 0.0939. The van der Waals surface area contributed by atoms with E-state index < -0.39 is 29.5 Å². The summed E-state index contributed by atoms with van der Waals surface area (Å²) in [4.78, 5) is 38.4. The van der Waals surface area contributed by atoms with E-state index in [0.29, 0.717) is 18.4 Å². The lowest BCUT2D eigenvalue weighted by Crippen LogP contribution is -2.69. The fourth-order valence-corrected chi connectivity index (χ4v) is 3.45. The van der Waals surface area contributed by atoms with Crippen LogP contribution in [-0.4, -0.2) is 45.9 Å². The average molecular weight is 361 g/mol. The molecule has 0 saturated carbocycles. The molecule has 0 spiro atoms. The zero-order chi connectivity index (χ0) is 19.5. The van der Waals surface area contributed by atoms with Gasteiger partial charge in [0.25, 0.3) is 0 Å². The highest BCUT2D eigenvalue weighted by molar-refractivity contribution is 5.99. The van der Waals surface area contributed by atoms with Crippen LogP contribution in [0.4, 0.5) is 0 Å². The number of piperidine rings is 1. The van der Waals surface area contributed by atoms with Crippen molar-refractivity contribution in [1.82, 2.24) is 4.90 Å². The molecule has 2 rings (SSSR count). The van der Waals surface area contributed by atoms with Crippen LogP contribution in [0.15, 0.2) is 30.3 Å². The molecule has 7 heteroatoms. The molecule has 142 valence electrons. The number of likely N-dealkylation sites (tertiary alicyclic amines) is 1. The van der Waals surface area contributed by atoms with E-state index in [9.17, 15) is 19.5 Å². The number of Topliss-reactive ketones (excluding diaryl/α,β-unsaturated/α-hetero) is 1. The number of carboxylic acids is 1. The summed E-state index contributed by atoms with van der Waals surface area (Å²) in [7, 11) is 0. The highest BCUT2D eigenvalue weighted by Gasteiger charge is 2.50. The van der Waals surface area contributed by atoms with E-state index in [2.05, 4.69) is 0 Å². The molecule has 1 aliphatic rings. The van der Waals surface area contributed by atoms with Gasteiger partial charge >= 0.3 is 5.97 Å². The van der Waals surface area contributed by atoms with Crippen LogP contribution in [0.1, 0.15) is 43.5 Å². The number of nitrogens with two attached hydrogens (primary N) is 2. The third kappa shape index (κ3) is 4.11. The quantitative estimate of drug-likeness (QED) is 0.654. The van der Waals surface area contributed by atoms with Crippen molar-refractivity contribution >= 4 is 17.7 Å². The highest BCUT2D eigenvalue weighted by Crippen LogP contribution is 2.32. The van der Waals surface area contributed by atoms with E-state index in [1.165, 1.54) is 0 Å². The van der Waals surface area contributed by atoms with E-state index in [-0.39, 0.29) is 24.7 Å². The highest BCUT2D eigenvalue weighted by atomic mass is 16.4. The van der Waals surface area contributed by atoms with Crippen LogP contribution in [0.5, 0.6) is 0 Å². The van der Waals surface area contributed by atoms with Gasteiger partial charge in [0.05, 0.1) is 6.04 Å². The first-order chi connectivity index (χ1) is 12.2. The molecule has 0 aromatic heterocycles. The number of amides is 1. The first-order valence-electron chi connectivity index (χ1n) is 8.85. The number of ketones is 1. The summed E-state index contributed by atoms with van der Waals surface area (Å²) in [6.45, 7) is 3.96. The van der Waals surface area contributed by atoms with Gasteiger partial charge in [0.15, 0.2) is 11.4 Å². The minimum atomic E-state index is -1.93. The van der Waals surface area contributed by atoms with E-state index in [1.807, 2.05) is 13.8 Å². The van der Waals surface area contributed by atoms with Crippen molar-refractivity contribution in [2.45, 2.75) is 44.8 Å². The third-order valence-corrected chi connectivity index (χ3v) is 4.85. The molecular weight excluding hydrogens is 334 g/mol. The van der Waals surface area contributed by atoms with Crippen molar-refractivity contribution in [3.63, 3.8) is 0 Å². The second-order valence-corrected chi connectivity index (χ2v) is 7.38. The normalized spacial score (nSPS) is 24.3. The zero-order valence-electron chi connectivity index (χ0n) is 15.2. The molecule has 3 unspecified atom stereocenters. The summed E-state index contributed by atoms with van der Waals surface area (Å²) in [5.41, 5.74) is 10.7. The Labute approximate surface area is 153 Å². The van der Waals surface area contributed by atoms with Gasteiger partial charge in [-0.2, -0.15) is 0 Å². The van der Waals surface area contributed by atoms with Crippen LogP contribution in [0, 0.1) is 11.8 Å². The predicted molar refractivity (Wildman–Crippen MR) is 97.2 cm³/mol. The van der Waals surface area contributed by atoms with Gasteiger partial charge in [0.2, 0.25) is 5.91 Å². The van der Waals surface area contributed by atoms with E-state index in [0.717, 1.165) is 4.90 Å². The standard InChI is InChI=1S/C19H27N3O4/c1-12(2)10-15(20)17(24)22-9-8-14(11-19(22,21)18(25)26)16(23)13-6-4-3-5-7-13/h3-7,12,14-15H,8-11,20-21H2,1-2H3,(H,25,26). The number of hydrogen-bond acceptors (Lipinski definition) is 5. The molecule has 1 fully saturated rings. The molecule has 0 radical (unpaired) electrons. The van der Waals surface area contributed by atoms with Crippen molar-refractivity contribution in [3.8, 4) is 0 Å². The van der Waals surface area contributed by atoms with Crippen molar-refractivity contribution in [2.75, 3.05) is 6.54 Å². The Morgan fingerprint density at radius 1 is 1.27 bits per heavy atom. The fourth-order valence-electron chi connectivity index (χ4n) is 3.45. The zero-order valence-corrected chi connectivity index (χ0v) is 15.2. The van der Waals surface area contributed by atoms with Crippen molar-refractivity contribution in [1.29, 1.82) is 0 Å². The van der Waals surface area contributed by atoms with E-state index in [1.54, 1.807) is 30.3 Å². The Morgan fingerprint density at radius 2 is 1.88 bits per heavy atom. The van der Waals surface area contributed by atoms with Crippen LogP contribution in [0.3, 0.4) is 0 Å². The second-order valence-electron chi connectivity index (χ2n) is 7.38. The summed E-state index contributed by atoms with van der Waals surface area (Å²) >= 11 is 0. The molecule has 0 bridgehead atoms. The number of carbonyl (C=O) groups excluding carboxylic acids is 2. The Kier molecular flexibility index (Phi) is 6.15. The summed E-state index contributed by atoms with van der Waals surface area (Å²) in [5, 5.41) is 9.68.